The highest BCUT2D eigenvalue weighted by Crippen LogP contribution is 2.51. The molecule has 0 spiro atoms. The molecule has 8 heteroatoms. The van der Waals surface area contributed by atoms with Gasteiger partial charge in [0, 0.05) is 22.8 Å². The zero-order valence-electron chi connectivity index (χ0n) is 17.9. The first-order valence-corrected chi connectivity index (χ1v) is 10.5. The van der Waals surface area contributed by atoms with Crippen molar-refractivity contribution in [3.05, 3.63) is 76.6 Å². The van der Waals surface area contributed by atoms with Crippen LogP contribution in [0, 0.1) is 17.5 Å². The van der Waals surface area contributed by atoms with E-state index in [1.807, 2.05) is 0 Å². The number of hydrogen-bond donors (Lipinski definition) is 0. The third kappa shape index (κ3) is 4.10. The highest BCUT2D eigenvalue weighted by Gasteiger charge is 2.40. The molecule has 1 aliphatic carbocycles. The highest BCUT2D eigenvalue weighted by molar-refractivity contribution is 5.76. The van der Waals surface area contributed by atoms with Crippen molar-refractivity contribution < 1.29 is 36.2 Å². The van der Waals surface area contributed by atoms with E-state index in [1.165, 1.54) is 36.4 Å². The lowest BCUT2D eigenvalue weighted by Crippen LogP contribution is -2.17. The van der Waals surface area contributed by atoms with Gasteiger partial charge in [0.05, 0.1) is 13.2 Å². The van der Waals surface area contributed by atoms with Crippen LogP contribution in [0.25, 0.3) is 11.1 Å². The van der Waals surface area contributed by atoms with Crippen molar-refractivity contribution in [2.24, 2.45) is 0 Å². The third-order valence-electron chi connectivity index (χ3n) is 5.40. The lowest BCUT2D eigenvalue weighted by molar-refractivity contribution is 0.158. The Morgan fingerprint density at radius 3 is 1.94 bits per heavy atom. The second kappa shape index (κ2) is 9.29. The number of halogens is 5. The SMILES string of the molecule is CCOc1ccc(OCc2ccc3c(c2F)C(F)C(F)c2c-3ccc(OCC)c2F)c(F)c1. The van der Waals surface area contributed by atoms with E-state index in [-0.39, 0.29) is 34.8 Å². The van der Waals surface area contributed by atoms with Gasteiger partial charge in [0.2, 0.25) is 0 Å². The molecule has 3 nitrogen and oxygen atoms in total. The molecule has 1 aliphatic rings. The number of ether oxygens (including phenoxy) is 3. The molecule has 0 aliphatic heterocycles. The summed E-state index contributed by atoms with van der Waals surface area (Å²) in [6.45, 7) is 3.48. The van der Waals surface area contributed by atoms with Gasteiger partial charge in [-0.3, -0.25) is 0 Å². The summed E-state index contributed by atoms with van der Waals surface area (Å²) in [5.41, 5.74) is -1.02. The molecule has 0 heterocycles. The molecule has 0 aromatic heterocycles. The van der Waals surface area contributed by atoms with E-state index in [4.69, 9.17) is 14.2 Å². The fourth-order valence-electron chi connectivity index (χ4n) is 3.90. The summed E-state index contributed by atoms with van der Waals surface area (Å²) in [5, 5.41) is 0. The van der Waals surface area contributed by atoms with Crippen LogP contribution < -0.4 is 14.2 Å². The number of rotatable bonds is 7. The Morgan fingerprint density at radius 2 is 1.30 bits per heavy atom. The number of fused-ring (bicyclic) bond motifs is 3. The van der Waals surface area contributed by atoms with Crippen LogP contribution in [0.2, 0.25) is 0 Å². The summed E-state index contributed by atoms with van der Waals surface area (Å²) in [6.07, 6.45) is -4.84. The highest BCUT2D eigenvalue weighted by atomic mass is 19.2. The number of benzene rings is 3. The Kier molecular flexibility index (Phi) is 6.44. The first-order valence-electron chi connectivity index (χ1n) is 10.5. The molecule has 0 bridgehead atoms. The van der Waals surface area contributed by atoms with E-state index in [0.29, 0.717) is 12.4 Å². The molecule has 0 N–H and O–H groups in total. The maximum absolute atomic E-state index is 15.2. The van der Waals surface area contributed by atoms with Crippen LogP contribution in [0.15, 0.2) is 42.5 Å². The molecule has 174 valence electrons. The lowest BCUT2D eigenvalue weighted by Gasteiger charge is -2.28. The second-order valence-corrected chi connectivity index (χ2v) is 7.39. The van der Waals surface area contributed by atoms with Gasteiger partial charge >= 0.3 is 0 Å². The molecule has 3 aromatic rings. The summed E-state index contributed by atoms with van der Waals surface area (Å²) in [4.78, 5) is 0. The normalized spacial score (nSPS) is 16.7. The van der Waals surface area contributed by atoms with Gasteiger partial charge in [0.1, 0.15) is 18.2 Å². The maximum atomic E-state index is 15.2. The van der Waals surface area contributed by atoms with Crippen LogP contribution >= 0.6 is 0 Å². The van der Waals surface area contributed by atoms with E-state index in [9.17, 15) is 17.6 Å². The van der Waals surface area contributed by atoms with E-state index in [1.54, 1.807) is 13.8 Å². The van der Waals surface area contributed by atoms with Gasteiger partial charge in [0.25, 0.3) is 0 Å². The van der Waals surface area contributed by atoms with Crippen molar-refractivity contribution in [3.63, 3.8) is 0 Å². The Hall–Kier alpha value is -3.29. The fraction of sp³-hybridized carbons (Fsp3) is 0.280. The average molecular weight is 464 g/mol. The van der Waals surface area contributed by atoms with Crippen LogP contribution in [0.4, 0.5) is 22.0 Å². The van der Waals surface area contributed by atoms with E-state index in [2.05, 4.69) is 0 Å². The molecule has 0 amide bonds. The minimum Gasteiger partial charge on any atom is -0.494 e. The Labute approximate surface area is 187 Å². The van der Waals surface area contributed by atoms with Gasteiger partial charge in [-0.1, -0.05) is 18.2 Å². The van der Waals surface area contributed by atoms with E-state index < -0.39 is 47.5 Å². The maximum Gasteiger partial charge on any atom is 0.171 e. The topological polar surface area (TPSA) is 27.7 Å². The predicted molar refractivity (Wildman–Crippen MR) is 113 cm³/mol. The van der Waals surface area contributed by atoms with Gasteiger partial charge in [-0.15, -0.1) is 0 Å². The molecule has 2 atom stereocenters. The summed E-state index contributed by atoms with van der Waals surface area (Å²) in [6, 6.07) is 9.35. The minimum atomic E-state index is -2.43. The van der Waals surface area contributed by atoms with Crippen molar-refractivity contribution >= 4 is 0 Å². The lowest BCUT2D eigenvalue weighted by atomic mass is 9.81. The number of alkyl halides is 2. The minimum absolute atomic E-state index is 0.0434. The predicted octanol–water partition coefficient (Wildman–Crippen LogP) is 7.18. The third-order valence-corrected chi connectivity index (χ3v) is 5.40. The van der Waals surface area contributed by atoms with Crippen LogP contribution in [0.3, 0.4) is 0 Å². The molecular weight excluding hydrogens is 443 g/mol. The van der Waals surface area contributed by atoms with Crippen LogP contribution in [0.1, 0.15) is 42.9 Å². The number of hydrogen-bond acceptors (Lipinski definition) is 3. The molecule has 0 fully saturated rings. The summed E-state index contributed by atoms with van der Waals surface area (Å²) in [7, 11) is 0. The van der Waals surface area contributed by atoms with Crippen molar-refractivity contribution in [1.82, 2.24) is 0 Å². The summed E-state index contributed by atoms with van der Waals surface area (Å²) >= 11 is 0. The average Bonchev–Trinajstić information content (AvgIpc) is 2.79. The van der Waals surface area contributed by atoms with Crippen molar-refractivity contribution in [3.8, 4) is 28.4 Å². The monoisotopic (exact) mass is 464 g/mol. The Bertz CT molecular complexity index is 1180. The largest absolute Gasteiger partial charge is 0.494 e. The standard InChI is InChI=1S/C25H21F5O3/c1-3-31-14-6-9-18(17(26)11-14)33-12-13-5-7-15-16-8-10-19(32-4-2)23(28)21(16)25(30)24(29)20(15)22(13)27/h5-11,24-25H,3-4,12H2,1-2H3. The van der Waals surface area contributed by atoms with Crippen LogP contribution in [-0.4, -0.2) is 13.2 Å². The van der Waals surface area contributed by atoms with Crippen molar-refractivity contribution in [1.29, 1.82) is 0 Å². The van der Waals surface area contributed by atoms with E-state index in [0.717, 1.165) is 6.07 Å². The molecule has 0 saturated carbocycles. The fourth-order valence-corrected chi connectivity index (χ4v) is 3.90. The first-order chi connectivity index (χ1) is 15.9. The molecule has 0 radical (unpaired) electrons. The second-order valence-electron chi connectivity index (χ2n) is 7.39. The molecule has 33 heavy (non-hydrogen) atoms. The van der Waals surface area contributed by atoms with Gasteiger partial charge in [-0.25, -0.2) is 22.0 Å². The van der Waals surface area contributed by atoms with Crippen LogP contribution in [-0.2, 0) is 6.61 Å². The summed E-state index contributed by atoms with van der Waals surface area (Å²) in [5.74, 6) is -2.76. The quantitative estimate of drug-likeness (QED) is 0.347. The molecule has 3 aromatic carbocycles. The smallest absolute Gasteiger partial charge is 0.171 e. The molecule has 2 unspecified atom stereocenters. The van der Waals surface area contributed by atoms with Gasteiger partial charge in [0.15, 0.2) is 35.5 Å². The zero-order chi connectivity index (χ0) is 23.7. The van der Waals surface area contributed by atoms with Crippen molar-refractivity contribution in [2.75, 3.05) is 13.2 Å². The zero-order valence-corrected chi connectivity index (χ0v) is 17.9. The van der Waals surface area contributed by atoms with Gasteiger partial charge in [-0.2, -0.15) is 0 Å². The van der Waals surface area contributed by atoms with E-state index >= 15 is 4.39 Å². The van der Waals surface area contributed by atoms with Crippen molar-refractivity contribution in [2.45, 2.75) is 32.8 Å². The summed E-state index contributed by atoms with van der Waals surface area (Å²) < 4.78 is 89.8. The first kappa shape index (κ1) is 22.9. The van der Waals surface area contributed by atoms with Gasteiger partial charge < -0.3 is 14.2 Å². The molecule has 0 saturated heterocycles. The van der Waals surface area contributed by atoms with Crippen LogP contribution in [0.5, 0.6) is 17.2 Å². The Balaban J connectivity index is 1.67. The van der Waals surface area contributed by atoms with Gasteiger partial charge in [-0.05, 0) is 43.2 Å². The molecular formula is C25H21F5O3. The molecule has 4 rings (SSSR count). The Morgan fingerprint density at radius 1 is 0.697 bits per heavy atom.